The van der Waals surface area contributed by atoms with Crippen LogP contribution in [0.2, 0.25) is 0 Å². The maximum absolute atomic E-state index is 12.3. The van der Waals surface area contributed by atoms with Gasteiger partial charge in [0, 0.05) is 21.2 Å². The van der Waals surface area contributed by atoms with Crippen LogP contribution in [-0.2, 0) is 11.2 Å². The summed E-state index contributed by atoms with van der Waals surface area (Å²) in [4.78, 5) is 28.6. The average Bonchev–Trinajstić information content (AvgIpc) is 3.06. The van der Waals surface area contributed by atoms with Gasteiger partial charge in [0.1, 0.15) is 0 Å². The highest BCUT2D eigenvalue weighted by Gasteiger charge is 2.11. The van der Waals surface area contributed by atoms with Crippen molar-refractivity contribution in [3.63, 3.8) is 0 Å². The fourth-order valence-corrected chi connectivity index (χ4v) is 3.65. The van der Waals surface area contributed by atoms with Crippen LogP contribution in [0.25, 0.3) is 0 Å². The Bertz CT molecular complexity index is 1000. The average molecular weight is 459 g/mol. The number of nitrogens with one attached hydrogen (secondary N) is 3. The van der Waals surface area contributed by atoms with E-state index >= 15 is 0 Å². The molecule has 6 nitrogen and oxygen atoms in total. The molecule has 0 aliphatic rings. The molecule has 3 rings (SSSR count). The van der Waals surface area contributed by atoms with Crippen molar-refractivity contribution in [2.24, 2.45) is 0 Å². The van der Waals surface area contributed by atoms with E-state index in [2.05, 4.69) is 36.9 Å². The lowest BCUT2D eigenvalue weighted by Crippen LogP contribution is -2.19. The Hall–Kier alpha value is -2.71. The molecule has 0 aliphatic carbocycles. The number of aryl methyl sites for hydroxylation is 2. The Morgan fingerprint density at radius 3 is 2.50 bits per heavy atom. The molecule has 0 saturated heterocycles. The molecule has 8 heteroatoms. The summed E-state index contributed by atoms with van der Waals surface area (Å²) in [6.07, 6.45) is 0.132. The standard InChI is InChI=1S/C20H19BrN4O2S/c1-12-3-6-15(7-4-12)22-19(27)25-20-23-16(11-28-20)10-18(26)24-17-8-5-14(21)9-13(17)2/h3-9,11H,10H2,1-2H3,(H,24,26)(H2,22,23,25,27). The SMILES string of the molecule is Cc1ccc(NC(=O)Nc2nc(CC(=O)Nc3ccc(Br)cc3C)cs2)cc1. The fraction of sp³-hybridized carbons (Fsp3) is 0.150. The van der Waals surface area contributed by atoms with E-state index in [4.69, 9.17) is 0 Å². The van der Waals surface area contributed by atoms with Gasteiger partial charge in [-0.3, -0.25) is 10.1 Å². The highest BCUT2D eigenvalue weighted by atomic mass is 79.9. The Kier molecular flexibility index (Phi) is 6.43. The van der Waals surface area contributed by atoms with Crippen molar-refractivity contribution >= 4 is 55.7 Å². The van der Waals surface area contributed by atoms with Gasteiger partial charge in [-0.2, -0.15) is 0 Å². The highest BCUT2D eigenvalue weighted by Crippen LogP contribution is 2.21. The van der Waals surface area contributed by atoms with Crippen LogP contribution >= 0.6 is 27.3 Å². The number of hydrogen-bond donors (Lipinski definition) is 3. The van der Waals surface area contributed by atoms with E-state index in [9.17, 15) is 9.59 Å². The zero-order valence-electron chi connectivity index (χ0n) is 15.4. The van der Waals surface area contributed by atoms with Crippen molar-refractivity contribution in [2.75, 3.05) is 16.0 Å². The van der Waals surface area contributed by atoms with Crippen molar-refractivity contribution in [3.8, 4) is 0 Å². The molecule has 0 saturated carbocycles. The van der Waals surface area contributed by atoms with Crippen molar-refractivity contribution in [3.05, 3.63) is 69.1 Å². The van der Waals surface area contributed by atoms with Gasteiger partial charge >= 0.3 is 6.03 Å². The lowest BCUT2D eigenvalue weighted by atomic mass is 10.2. The number of nitrogens with zero attached hydrogens (tertiary/aromatic N) is 1. The number of hydrogen-bond acceptors (Lipinski definition) is 4. The molecule has 0 atom stereocenters. The van der Waals surface area contributed by atoms with Crippen LogP contribution in [0.15, 0.2) is 52.3 Å². The predicted molar refractivity (Wildman–Crippen MR) is 117 cm³/mol. The Morgan fingerprint density at radius 2 is 1.79 bits per heavy atom. The third-order valence-electron chi connectivity index (χ3n) is 3.89. The molecule has 3 aromatic rings. The first-order valence-electron chi connectivity index (χ1n) is 8.54. The van der Waals surface area contributed by atoms with Crippen molar-refractivity contribution < 1.29 is 9.59 Å². The minimum absolute atomic E-state index is 0.132. The third kappa shape index (κ3) is 5.64. The van der Waals surface area contributed by atoms with Crippen molar-refractivity contribution in [1.29, 1.82) is 0 Å². The normalized spacial score (nSPS) is 10.4. The minimum Gasteiger partial charge on any atom is -0.326 e. The first-order chi connectivity index (χ1) is 13.4. The second-order valence-electron chi connectivity index (χ2n) is 6.27. The van der Waals surface area contributed by atoms with Gasteiger partial charge in [-0.05, 0) is 49.7 Å². The maximum Gasteiger partial charge on any atom is 0.325 e. The highest BCUT2D eigenvalue weighted by molar-refractivity contribution is 9.10. The first kappa shape index (κ1) is 20.0. The fourth-order valence-electron chi connectivity index (χ4n) is 2.47. The molecular formula is C20H19BrN4O2S. The molecule has 2 aromatic carbocycles. The number of rotatable bonds is 5. The molecular weight excluding hydrogens is 440 g/mol. The number of carbonyl (C=O) groups is 2. The molecule has 1 aromatic heterocycles. The second kappa shape index (κ2) is 8.99. The molecule has 1 heterocycles. The largest absolute Gasteiger partial charge is 0.326 e. The van der Waals surface area contributed by atoms with Gasteiger partial charge in [0.2, 0.25) is 5.91 Å². The number of aromatic nitrogens is 1. The molecule has 144 valence electrons. The molecule has 0 unspecified atom stereocenters. The van der Waals surface area contributed by atoms with Gasteiger partial charge in [-0.15, -0.1) is 11.3 Å². The molecule has 0 radical (unpaired) electrons. The Morgan fingerprint density at radius 1 is 1.04 bits per heavy atom. The van der Waals surface area contributed by atoms with Gasteiger partial charge in [0.05, 0.1) is 12.1 Å². The van der Waals surface area contributed by atoms with Gasteiger partial charge < -0.3 is 10.6 Å². The molecule has 0 bridgehead atoms. The van der Waals surface area contributed by atoms with Crippen LogP contribution in [0.3, 0.4) is 0 Å². The van der Waals surface area contributed by atoms with Gasteiger partial charge in [-0.25, -0.2) is 9.78 Å². The zero-order chi connectivity index (χ0) is 20.1. The second-order valence-corrected chi connectivity index (χ2v) is 8.05. The van der Waals surface area contributed by atoms with E-state index in [1.807, 2.05) is 56.3 Å². The molecule has 28 heavy (non-hydrogen) atoms. The van der Waals surface area contributed by atoms with E-state index in [-0.39, 0.29) is 18.4 Å². The summed E-state index contributed by atoms with van der Waals surface area (Å²) >= 11 is 4.68. The Labute approximate surface area is 175 Å². The summed E-state index contributed by atoms with van der Waals surface area (Å²) in [5, 5.41) is 10.5. The Balaban J connectivity index is 1.53. The third-order valence-corrected chi connectivity index (χ3v) is 5.19. The molecule has 0 aliphatic heterocycles. The van der Waals surface area contributed by atoms with E-state index < -0.39 is 0 Å². The monoisotopic (exact) mass is 458 g/mol. The van der Waals surface area contributed by atoms with Crippen LogP contribution in [-0.4, -0.2) is 16.9 Å². The van der Waals surface area contributed by atoms with E-state index in [0.29, 0.717) is 16.5 Å². The first-order valence-corrected chi connectivity index (χ1v) is 10.2. The van der Waals surface area contributed by atoms with E-state index in [1.54, 1.807) is 5.38 Å². The number of urea groups is 1. The summed E-state index contributed by atoms with van der Waals surface area (Å²) in [6.45, 7) is 3.91. The number of benzene rings is 2. The van der Waals surface area contributed by atoms with E-state index in [0.717, 1.165) is 21.3 Å². The van der Waals surface area contributed by atoms with Crippen LogP contribution in [0.4, 0.5) is 21.3 Å². The topological polar surface area (TPSA) is 83.1 Å². The lowest BCUT2D eigenvalue weighted by Gasteiger charge is -2.08. The van der Waals surface area contributed by atoms with Crippen LogP contribution in [0.5, 0.6) is 0 Å². The molecule has 3 N–H and O–H groups in total. The summed E-state index contributed by atoms with van der Waals surface area (Å²) in [6, 6.07) is 12.8. The van der Waals surface area contributed by atoms with Crippen LogP contribution < -0.4 is 16.0 Å². The minimum atomic E-state index is -0.375. The zero-order valence-corrected chi connectivity index (χ0v) is 17.8. The molecule has 3 amide bonds. The quantitative estimate of drug-likeness (QED) is 0.481. The number of carbonyl (C=O) groups excluding carboxylic acids is 2. The van der Waals surface area contributed by atoms with Crippen LogP contribution in [0, 0.1) is 13.8 Å². The summed E-state index contributed by atoms with van der Waals surface area (Å²) < 4.78 is 0.960. The number of thiazole rings is 1. The van der Waals surface area contributed by atoms with Crippen molar-refractivity contribution in [1.82, 2.24) is 4.98 Å². The van der Waals surface area contributed by atoms with Crippen LogP contribution in [0.1, 0.15) is 16.8 Å². The lowest BCUT2D eigenvalue weighted by molar-refractivity contribution is -0.115. The summed E-state index contributed by atoms with van der Waals surface area (Å²) in [5.41, 5.74) is 4.15. The van der Waals surface area contributed by atoms with Gasteiger partial charge in [0.25, 0.3) is 0 Å². The summed E-state index contributed by atoms with van der Waals surface area (Å²) in [5.74, 6) is -0.161. The predicted octanol–water partition coefficient (Wildman–Crippen LogP) is 5.35. The van der Waals surface area contributed by atoms with Crippen molar-refractivity contribution in [2.45, 2.75) is 20.3 Å². The van der Waals surface area contributed by atoms with E-state index in [1.165, 1.54) is 11.3 Å². The molecule has 0 spiro atoms. The number of halogens is 1. The number of anilines is 3. The van der Waals surface area contributed by atoms with Gasteiger partial charge in [0.15, 0.2) is 5.13 Å². The number of amides is 3. The van der Waals surface area contributed by atoms with Gasteiger partial charge in [-0.1, -0.05) is 33.6 Å². The molecule has 0 fully saturated rings. The summed E-state index contributed by atoms with van der Waals surface area (Å²) in [7, 11) is 0. The smallest absolute Gasteiger partial charge is 0.325 e. The maximum atomic E-state index is 12.3.